The maximum Gasteiger partial charge on any atom is 0 e. The zero-order valence-corrected chi connectivity index (χ0v) is 19.5. The van der Waals surface area contributed by atoms with Gasteiger partial charge in [-0.15, -0.1) is 0 Å². The SMILES string of the molecule is [B].[BiH3].[Ce].[Mo].[SiH3].[Zn]. The fraction of sp³-hybridized carbons (Fsp3) is 0. The van der Waals surface area contributed by atoms with E-state index in [1.807, 2.05) is 0 Å². The van der Waals surface area contributed by atoms with Gasteiger partial charge in [-0.25, -0.2) is 0 Å². The molecule has 0 heterocycles. The molecule has 0 aliphatic carbocycles. The molecule has 0 aromatic heterocycles. The fourth-order valence-electron chi connectivity index (χ4n) is 0. The van der Waals surface area contributed by atoms with Crippen LogP contribution in [0.5, 0.6) is 0 Å². The van der Waals surface area contributed by atoms with Crippen molar-refractivity contribution in [1.29, 1.82) is 0 Å². The first-order valence-corrected chi connectivity index (χ1v) is 0. The first-order valence-electron chi connectivity index (χ1n) is 0. The molecule has 0 unspecified atom stereocenters. The van der Waals surface area contributed by atoms with E-state index in [1.165, 1.54) is 0 Å². The van der Waals surface area contributed by atoms with Gasteiger partial charge in [-0.2, -0.15) is 0 Å². The van der Waals surface area contributed by atoms with E-state index in [2.05, 4.69) is 0 Å². The zero-order chi connectivity index (χ0) is 0. The summed E-state index contributed by atoms with van der Waals surface area (Å²) in [5.74, 6) is 0. The third-order valence-electron chi connectivity index (χ3n) is 0. The summed E-state index contributed by atoms with van der Waals surface area (Å²) in [4.78, 5) is 0. The molecule has 0 atom stereocenters. The van der Waals surface area contributed by atoms with E-state index >= 15 is 0 Å². The molecular weight excluding hydrogens is 549 g/mol. The average Bonchev–Trinajstić information content (AvgIpc) is 0. The van der Waals surface area contributed by atoms with Gasteiger partial charge in [0.05, 0.1) is 0 Å². The van der Waals surface area contributed by atoms with E-state index in [-0.39, 0.29) is 128 Å². The molecule has 0 spiro atoms. The van der Waals surface area contributed by atoms with Gasteiger partial charge >= 0.3 is 26.2 Å². The summed E-state index contributed by atoms with van der Waals surface area (Å²) >= 11 is 0. The molecule has 0 rings (SSSR count). The van der Waals surface area contributed by atoms with Crippen molar-refractivity contribution in [3.8, 4) is 0 Å². The van der Waals surface area contributed by atoms with Crippen LogP contribution in [0.1, 0.15) is 0 Å². The Morgan fingerprint density at radius 3 is 1.00 bits per heavy atom. The standard InChI is InChI=1S/B.Bi.Ce.Mo.H3Si.Zn.3H/h;;;;1H3;;;;. The van der Waals surface area contributed by atoms with Crippen LogP contribution in [0.4, 0.5) is 0 Å². The minimum absolute atomic E-state index is 0. The van der Waals surface area contributed by atoms with Crippen molar-refractivity contribution in [3.63, 3.8) is 0 Å². The van der Waals surface area contributed by atoms with Crippen LogP contribution in [0.25, 0.3) is 0 Å². The van der Waals surface area contributed by atoms with Crippen LogP contribution in [0.3, 0.4) is 0 Å². The van der Waals surface area contributed by atoms with E-state index in [0.29, 0.717) is 0 Å². The Morgan fingerprint density at radius 1 is 1.00 bits per heavy atom. The summed E-state index contributed by atoms with van der Waals surface area (Å²) in [5.41, 5.74) is 0. The second-order valence-electron chi connectivity index (χ2n) is 0. The Morgan fingerprint density at radius 2 is 1.00 bits per heavy atom. The topological polar surface area (TPSA) is 0 Å². The van der Waals surface area contributed by atoms with Gasteiger partial charge in [0.2, 0.25) is 0 Å². The third-order valence-corrected chi connectivity index (χ3v) is 0. The monoisotopic (exact) mass is 556 g/mol. The summed E-state index contributed by atoms with van der Waals surface area (Å²) in [6, 6.07) is 0. The molecule has 0 saturated heterocycles. The molecule has 6 heteroatoms. The van der Waals surface area contributed by atoms with Crippen molar-refractivity contribution in [2.45, 2.75) is 0 Å². The molecule has 6 heavy (non-hydrogen) atoms. The second-order valence-corrected chi connectivity index (χ2v) is 0. The van der Waals surface area contributed by atoms with Crippen molar-refractivity contribution in [2.75, 3.05) is 0 Å². The predicted molar refractivity (Wildman–Crippen MR) is 25.6 cm³/mol. The quantitative estimate of drug-likeness (QED) is 0.285. The van der Waals surface area contributed by atoms with E-state index in [4.69, 9.17) is 0 Å². The zero-order valence-electron chi connectivity index (χ0n) is 3.90. The van der Waals surface area contributed by atoms with E-state index in [9.17, 15) is 0 Å². The molecular formula is H6BBiCeMoSiZn. The van der Waals surface area contributed by atoms with Gasteiger partial charge in [0.15, 0.2) is 0 Å². The van der Waals surface area contributed by atoms with Crippen LogP contribution in [0.2, 0.25) is 0 Å². The van der Waals surface area contributed by atoms with Crippen molar-refractivity contribution in [1.82, 2.24) is 0 Å². The van der Waals surface area contributed by atoms with Gasteiger partial charge in [-0.3, -0.25) is 0 Å². The first-order chi connectivity index (χ1) is 0. The molecule has 0 aromatic rings. The Bertz CT molecular complexity index is 15.5. The molecule has 0 saturated carbocycles. The largest absolute Gasteiger partial charge is 0.0125 e. The summed E-state index contributed by atoms with van der Waals surface area (Å²) in [6.07, 6.45) is 0. The van der Waals surface area contributed by atoms with Gasteiger partial charge in [0.25, 0.3) is 0 Å². The van der Waals surface area contributed by atoms with Gasteiger partial charge in [-0.1, -0.05) is 0 Å². The molecule has 0 aliphatic rings. The predicted octanol–water partition coefficient (Wildman–Crippen LogP) is -2.75. The molecule has 0 amide bonds. The number of hydrogen-bond acceptors (Lipinski definition) is 0. The second kappa shape index (κ2) is 36.8. The van der Waals surface area contributed by atoms with Gasteiger partial charge in [0.1, 0.15) is 0 Å². The van der Waals surface area contributed by atoms with Gasteiger partial charge in [-0.05, 0) is 11.0 Å². The van der Waals surface area contributed by atoms with Crippen LogP contribution < -0.4 is 0 Å². The van der Waals surface area contributed by atoms with Crippen LogP contribution in [-0.2, 0) is 40.5 Å². The first kappa shape index (κ1) is 52.0. The summed E-state index contributed by atoms with van der Waals surface area (Å²) < 4.78 is 0. The summed E-state index contributed by atoms with van der Waals surface area (Å²) in [5, 5.41) is 0. The van der Waals surface area contributed by atoms with Crippen LogP contribution >= 0.6 is 0 Å². The Hall–Kier alpha value is 3.85. The van der Waals surface area contributed by atoms with Crippen LogP contribution in [-0.4, -0.2) is 45.6 Å². The Balaban J connectivity index is 0. The number of hydrogen-bond donors (Lipinski definition) is 0. The third kappa shape index (κ3) is 24.8. The summed E-state index contributed by atoms with van der Waals surface area (Å²) in [7, 11) is 0. The van der Waals surface area contributed by atoms with Crippen LogP contribution in [0, 0.1) is 41.7 Å². The minimum atomic E-state index is 0. The molecule has 30 valence electrons. The average molecular weight is 555 g/mol. The van der Waals surface area contributed by atoms with E-state index in [0.717, 1.165) is 0 Å². The van der Waals surface area contributed by atoms with Crippen molar-refractivity contribution in [2.24, 2.45) is 0 Å². The van der Waals surface area contributed by atoms with Crippen molar-refractivity contribution >= 4 is 45.6 Å². The smallest absolute Gasteiger partial charge is 0 e. The number of rotatable bonds is 0. The van der Waals surface area contributed by atoms with Crippen molar-refractivity contribution < 1.29 is 82.3 Å². The molecule has 0 aliphatic heterocycles. The summed E-state index contributed by atoms with van der Waals surface area (Å²) in [6.45, 7) is 0. The van der Waals surface area contributed by atoms with E-state index in [1.54, 1.807) is 0 Å². The maximum atomic E-state index is 0. The maximum absolute atomic E-state index is 0. The molecule has 0 aromatic carbocycles. The molecule has 0 nitrogen and oxygen atoms in total. The molecule has 4 radical (unpaired) electrons. The normalized spacial score (nSPS) is 0. The molecule has 0 fully saturated rings. The van der Waals surface area contributed by atoms with Gasteiger partial charge < -0.3 is 0 Å². The minimum Gasteiger partial charge on any atom is -0.0125 e. The Kier molecular flexibility index (Phi) is 319. The van der Waals surface area contributed by atoms with Gasteiger partial charge in [0, 0.05) is 90.7 Å². The Labute approximate surface area is 125 Å². The molecule has 0 bridgehead atoms. The van der Waals surface area contributed by atoms with E-state index < -0.39 is 0 Å². The van der Waals surface area contributed by atoms with Crippen molar-refractivity contribution in [3.05, 3.63) is 0 Å². The fourth-order valence-corrected chi connectivity index (χ4v) is 0. The molecule has 0 N–H and O–H groups in total. The van der Waals surface area contributed by atoms with Crippen LogP contribution in [0.15, 0.2) is 0 Å².